The molecule has 0 heterocycles. The van der Waals surface area contributed by atoms with E-state index in [0.717, 1.165) is 5.56 Å². The summed E-state index contributed by atoms with van der Waals surface area (Å²) in [5.74, 6) is -2.99. The Morgan fingerprint density at radius 3 is 2.35 bits per heavy atom. The van der Waals surface area contributed by atoms with E-state index >= 15 is 0 Å². The molecule has 0 radical (unpaired) electrons. The average Bonchev–Trinajstić information content (AvgIpc) is 2.69. The van der Waals surface area contributed by atoms with E-state index in [1.165, 1.54) is 0 Å². The number of aliphatic hydroxyl groups is 1. The first-order chi connectivity index (χ1) is 14.5. The van der Waals surface area contributed by atoms with Gasteiger partial charge in [-0.3, -0.25) is 14.4 Å². The topological polar surface area (TPSA) is 127 Å². The van der Waals surface area contributed by atoms with E-state index in [-0.39, 0.29) is 18.8 Å². The van der Waals surface area contributed by atoms with Gasteiger partial charge >= 0.3 is 0 Å². The van der Waals surface area contributed by atoms with Gasteiger partial charge in [-0.05, 0) is 23.8 Å². The van der Waals surface area contributed by atoms with Crippen molar-refractivity contribution in [3.05, 3.63) is 35.9 Å². The molecule has 1 aromatic rings. The van der Waals surface area contributed by atoms with Gasteiger partial charge < -0.3 is 21.0 Å². The maximum Gasteiger partial charge on any atom is 0.225 e. The van der Waals surface area contributed by atoms with Crippen molar-refractivity contribution >= 4 is 23.8 Å². The molecule has 7 heteroatoms. The Morgan fingerprint density at radius 1 is 1.23 bits per heavy atom. The maximum absolute atomic E-state index is 13.5. The van der Waals surface area contributed by atoms with Crippen molar-refractivity contribution in [2.45, 2.75) is 65.1 Å². The molecule has 31 heavy (non-hydrogen) atoms. The van der Waals surface area contributed by atoms with Crippen molar-refractivity contribution in [2.75, 3.05) is 0 Å². The molecule has 0 aliphatic heterocycles. The molecule has 2 rings (SSSR count). The van der Waals surface area contributed by atoms with Gasteiger partial charge in [0.15, 0.2) is 5.78 Å². The number of ketones is 2. The van der Waals surface area contributed by atoms with E-state index in [1.807, 2.05) is 19.9 Å². The Hall–Kier alpha value is -2.38. The average molecular weight is 431 g/mol. The molecule has 0 aromatic heterocycles. The van der Waals surface area contributed by atoms with E-state index in [9.17, 15) is 24.3 Å². The fraction of sp³-hybridized carbons (Fsp3) is 0.583. The van der Waals surface area contributed by atoms with Crippen LogP contribution in [0.25, 0.3) is 0 Å². The molecule has 0 saturated heterocycles. The monoisotopic (exact) mass is 430 g/mol. The predicted molar refractivity (Wildman–Crippen MR) is 117 cm³/mol. The van der Waals surface area contributed by atoms with Crippen LogP contribution in [0, 0.1) is 23.2 Å². The lowest BCUT2D eigenvalue weighted by atomic mass is 9.56. The summed E-state index contributed by atoms with van der Waals surface area (Å²) in [5, 5.41) is 13.5. The number of carbonyl (C=O) groups is 4. The zero-order valence-electron chi connectivity index (χ0n) is 18.7. The zero-order chi connectivity index (χ0) is 23.3. The van der Waals surface area contributed by atoms with Crippen LogP contribution in [0.15, 0.2) is 30.3 Å². The van der Waals surface area contributed by atoms with Gasteiger partial charge in [0.1, 0.15) is 17.5 Å². The molecule has 1 amide bonds. The van der Waals surface area contributed by atoms with Gasteiger partial charge in [-0.2, -0.15) is 0 Å². The SMILES string of the molecule is CC(C)C[C@H](N)[C@@H](O)C1C(=O)C[C@H](NC(=O)Cc2ccccc2)C(=O)[C@@]1(C=O)C(C)C. The highest BCUT2D eigenvalue weighted by atomic mass is 16.3. The first kappa shape index (κ1) is 24.9. The van der Waals surface area contributed by atoms with Crippen LogP contribution in [0.1, 0.15) is 46.1 Å². The van der Waals surface area contributed by atoms with E-state index in [1.54, 1.807) is 38.1 Å². The van der Waals surface area contributed by atoms with Crippen LogP contribution in [0.5, 0.6) is 0 Å². The van der Waals surface area contributed by atoms with Crippen molar-refractivity contribution < 1.29 is 24.3 Å². The van der Waals surface area contributed by atoms with E-state index in [2.05, 4.69) is 5.32 Å². The third-order valence-corrected chi connectivity index (χ3v) is 6.23. The van der Waals surface area contributed by atoms with Crippen LogP contribution >= 0.6 is 0 Å². The van der Waals surface area contributed by atoms with Crippen molar-refractivity contribution in [1.29, 1.82) is 0 Å². The normalized spacial score (nSPS) is 26.1. The Labute approximate surface area is 183 Å². The minimum absolute atomic E-state index is 0.0555. The second-order valence-electron chi connectivity index (χ2n) is 9.28. The number of nitrogens with one attached hydrogen (secondary N) is 1. The molecule has 0 bridgehead atoms. The Bertz CT molecular complexity index is 807. The highest BCUT2D eigenvalue weighted by molar-refractivity contribution is 6.12. The fourth-order valence-corrected chi connectivity index (χ4v) is 4.60. The highest BCUT2D eigenvalue weighted by Gasteiger charge is 2.60. The molecular weight excluding hydrogens is 396 g/mol. The minimum atomic E-state index is -1.74. The minimum Gasteiger partial charge on any atom is -0.391 e. The number of hydrogen-bond acceptors (Lipinski definition) is 6. The number of aldehydes is 1. The van der Waals surface area contributed by atoms with Crippen molar-refractivity contribution in [1.82, 2.24) is 5.32 Å². The number of aliphatic hydroxyl groups excluding tert-OH is 1. The molecule has 1 fully saturated rings. The van der Waals surface area contributed by atoms with Gasteiger partial charge in [0.2, 0.25) is 5.91 Å². The largest absolute Gasteiger partial charge is 0.391 e. The van der Waals surface area contributed by atoms with Crippen molar-refractivity contribution in [2.24, 2.45) is 28.9 Å². The van der Waals surface area contributed by atoms with Crippen LogP contribution in [-0.2, 0) is 25.6 Å². The summed E-state index contributed by atoms with van der Waals surface area (Å²) < 4.78 is 0. The van der Waals surface area contributed by atoms with Gasteiger partial charge in [-0.1, -0.05) is 58.0 Å². The quantitative estimate of drug-likeness (QED) is 0.402. The molecule has 170 valence electrons. The van der Waals surface area contributed by atoms with Crippen molar-refractivity contribution in [3.63, 3.8) is 0 Å². The summed E-state index contributed by atoms with van der Waals surface area (Å²) in [7, 11) is 0. The molecule has 1 aliphatic rings. The first-order valence-electron chi connectivity index (χ1n) is 10.8. The summed E-state index contributed by atoms with van der Waals surface area (Å²) in [6.07, 6.45) is -0.614. The van der Waals surface area contributed by atoms with Crippen LogP contribution in [0.3, 0.4) is 0 Å². The van der Waals surface area contributed by atoms with Gasteiger partial charge in [-0.25, -0.2) is 0 Å². The molecule has 4 N–H and O–H groups in total. The van der Waals surface area contributed by atoms with Crippen LogP contribution in [-0.4, -0.2) is 47.1 Å². The van der Waals surface area contributed by atoms with E-state index in [4.69, 9.17) is 5.73 Å². The molecule has 0 spiro atoms. The number of nitrogens with two attached hydrogens (primary N) is 1. The Balaban J connectivity index is 2.30. The molecular formula is C24H34N2O5. The number of carbonyl (C=O) groups excluding carboxylic acids is 4. The van der Waals surface area contributed by atoms with Crippen LogP contribution in [0.4, 0.5) is 0 Å². The van der Waals surface area contributed by atoms with E-state index in [0.29, 0.717) is 12.7 Å². The van der Waals surface area contributed by atoms with Gasteiger partial charge in [0, 0.05) is 12.5 Å². The number of Topliss-reactive ketones (excluding diaryl/α,β-unsaturated/α-hetero) is 2. The van der Waals surface area contributed by atoms with Crippen LogP contribution < -0.4 is 11.1 Å². The van der Waals surface area contributed by atoms with Crippen LogP contribution in [0.2, 0.25) is 0 Å². The molecule has 7 nitrogen and oxygen atoms in total. The van der Waals surface area contributed by atoms with Gasteiger partial charge in [0.25, 0.3) is 0 Å². The highest BCUT2D eigenvalue weighted by Crippen LogP contribution is 2.44. The fourth-order valence-electron chi connectivity index (χ4n) is 4.60. The number of amides is 1. The first-order valence-corrected chi connectivity index (χ1v) is 10.8. The molecule has 5 atom stereocenters. The molecule has 1 aromatic carbocycles. The smallest absolute Gasteiger partial charge is 0.225 e. The predicted octanol–water partition coefficient (Wildman–Crippen LogP) is 1.45. The summed E-state index contributed by atoms with van der Waals surface area (Å²) in [4.78, 5) is 51.4. The maximum atomic E-state index is 13.5. The lowest BCUT2D eigenvalue weighted by Crippen LogP contribution is -2.65. The lowest BCUT2D eigenvalue weighted by molar-refractivity contribution is -0.162. The second-order valence-corrected chi connectivity index (χ2v) is 9.28. The van der Waals surface area contributed by atoms with Crippen molar-refractivity contribution in [3.8, 4) is 0 Å². The number of benzene rings is 1. The molecule has 1 unspecified atom stereocenters. The van der Waals surface area contributed by atoms with Gasteiger partial charge in [-0.15, -0.1) is 0 Å². The Morgan fingerprint density at radius 2 is 1.84 bits per heavy atom. The Kier molecular flexibility index (Phi) is 8.26. The number of rotatable bonds is 9. The lowest BCUT2D eigenvalue weighted by Gasteiger charge is -2.46. The van der Waals surface area contributed by atoms with E-state index < -0.39 is 52.9 Å². The standard InChI is InChI=1S/C24H34N2O5/c1-14(2)10-17(25)22(30)21-19(28)12-18(23(31)24(21,13-27)15(3)4)26-20(29)11-16-8-6-5-7-9-16/h5-9,13-15,17-18,21-22,30H,10-12,25H2,1-4H3,(H,26,29)/t17-,18-,21?,22+,24-/m0/s1. The molecule has 1 aliphatic carbocycles. The number of hydrogen-bond donors (Lipinski definition) is 3. The summed E-state index contributed by atoms with van der Waals surface area (Å²) in [6, 6.07) is 7.17. The third kappa shape index (κ3) is 5.28. The summed E-state index contributed by atoms with van der Waals surface area (Å²) in [5.41, 5.74) is 5.16. The zero-order valence-corrected chi connectivity index (χ0v) is 18.7. The second kappa shape index (κ2) is 10.3. The summed E-state index contributed by atoms with van der Waals surface area (Å²) in [6.45, 7) is 7.21. The van der Waals surface area contributed by atoms with Gasteiger partial charge in [0.05, 0.1) is 24.5 Å². The summed E-state index contributed by atoms with van der Waals surface area (Å²) >= 11 is 0. The molecule has 1 saturated carbocycles. The third-order valence-electron chi connectivity index (χ3n) is 6.23.